The molecule has 0 heterocycles. The molecular formula is C28H31Na3O10S3. The van der Waals surface area contributed by atoms with Crippen LogP contribution in [-0.2, 0) is 30.4 Å². The second kappa shape index (κ2) is 17.7. The molecule has 10 nitrogen and oxygen atoms in total. The van der Waals surface area contributed by atoms with Gasteiger partial charge in [0.2, 0.25) is 0 Å². The normalized spacial score (nSPS) is 12.2. The van der Waals surface area contributed by atoms with Gasteiger partial charge in [0.25, 0.3) is 0 Å². The molecular weight excluding hydrogens is 661 g/mol. The van der Waals surface area contributed by atoms with Crippen molar-refractivity contribution in [2.24, 2.45) is 0 Å². The molecule has 0 aliphatic rings. The summed E-state index contributed by atoms with van der Waals surface area (Å²) >= 11 is 0. The molecule has 0 N–H and O–H groups in total. The molecule has 44 heavy (non-hydrogen) atoms. The van der Waals surface area contributed by atoms with E-state index in [0.717, 1.165) is 37.8 Å². The Hall–Kier alpha value is 0.450. The van der Waals surface area contributed by atoms with Gasteiger partial charge in [-0.05, 0) is 24.6 Å². The minimum atomic E-state index is -5.26. The number of benzene rings is 4. The van der Waals surface area contributed by atoms with Gasteiger partial charge in [-0.25, -0.2) is 25.3 Å². The first-order valence-electron chi connectivity index (χ1n) is 13.5. The van der Waals surface area contributed by atoms with Crippen molar-refractivity contribution in [1.82, 2.24) is 0 Å². The first kappa shape index (κ1) is 42.5. The fourth-order valence-corrected chi connectivity index (χ4v) is 7.55. The molecule has 0 radical (unpaired) electrons. The molecule has 0 fully saturated rings. The topological polar surface area (TPSA) is 181 Å². The van der Waals surface area contributed by atoms with Gasteiger partial charge in [-0.1, -0.05) is 82.9 Å². The summed E-state index contributed by atoms with van der Waals surface area (Å²) in [5.74, 6) is 0.0270. The minimum Gasteiger partial charge on any atom is -0.744 e. The smallest absolute Gasteiger partial charge is 0.744 e. The molecule has 0 unspecified atom stereocenters. The summed E-state index contributed by atoms with van der Waals surface area (Å²) in [6.07, 6.45) is 11.0. The van der Waals surface area contributed by atoms with E-state index >= 15 is 0 Å². The second-order valence-corrected chi connectivity index (χ2v) is 14.3. The molecule has 4 aromatic rings. The van der Waals surface area contributed by atoms with Gasteiger partial charge in [-0.3, -0.25) is 0 Å². The summed E-state index contributed by atoms with van der Waals surface area (Å²) < 4.78 is 115. The summed E-state index contributed by atoms with van der Waals surface area (Å²) in [6, 6.07) is 6.60. The van der Waals surface area contributed by atoms with Crippen LogP contribution in [0.25, 0.3) is 32.3 Å². The first-order chi connectivity index (χ1) is 19.2. The van der Waals surface area contributed by atoms with Crippen molar-refractivity contribution < 1.29 is 132 Å². The predicted molar refractivity (Wildman–Crippen MR) is 151 cm³/mol. The van der Waals surface area contributed by atoms with Gasteiger partial charge in [0, 0.05) is 32.3 Å². The van der Waals surface area contributed by atoms with E-state index in [-0.39, 0.29) is 133 Å². The Morgan fingerprint density at radius 2 is 0.864 bits per heavy atom. The van der Waals surface area contributed by atoms with Crippen LogP contribution in [0.15, 0.2) is 51.1 Å². The number of ether oxygens (including phenoxy) is 1. The molecule has 16 heteroatoms. The fraction of sp³-hybridized carbons (Fsp3) is 0.429. The zero-order valence-corrected chi connectivity index (χ0v) is 34.0. The van der Waals surface area contributed by atoms with Crippen molar-refractivity contribution in [2.45, 2.75) is 85.8 Å². The second-order valence-electron chi connectivity index (χ2n) is 10.2. The summed E-state index contributed by atoms with van der Waals surface area (Å²) in [6.45, 7) is 2.39. The van der Waals surface area contributed by atoms with Crippen LogP contribution < -0.4 is 93.4 Å². The zero-order chi connectivity index (χ0) is 30.0. The van der Waals surface area contributed by atoms with Crippen LogP contribution in [0.5, 0.6) is 5.75 Å². The van der Waals surface area contributed by atoms with Crippen LogP contribution in [0, 0.1) is 0 Å². The van der Waals surface area contributed by atoms with Gasteiger partial charge in [-0.15, -0.1) is 0 Å². The van der Waals surface area contributed by atoms with E-state index in [4.69, 9.17) is 4.74 Å². The molecule has 4 aromatic carbocycles. The molecule has 0 amide bonds. The maximum Gasteiger partial charge on any atom is 1.00 e. The van der Waals surface area contributed by atoms with E-state index in [2.05, 4.69) is 6.92 Å². The van der Waals surface area contributed by atoms with Gasteiger partial charge in [-0.2, -0.15) is 0 Å². The molecule has 0 saturated heterocycles. The standard InChI is InChI=1S/C28H34O10S3.3Na/c1-2-3-4-5-6-7-8-9-10-11-16-38-23-17-24(39(29,30)31)20-14-15-22-26(41(35,36)37)18-25(40(32,33)34)21-13-12-19(23)27(20)28(21)22;;;/h12-15,17-18H,2-11,16H2,1H3,(H,29,30,31)(H,32,33,34)(H,35,36,37);;;/q;3*+1/p-3. The summed E-state index contributed by atoms with van der Waals surface area (Å²) in [5, 5.41) is -0.393. The average Bonchev–Trinajstić information content (AvgIpc) is 2.88. The Morgan fingerprint density at radius 3 is 1.27 bits per heavy atom. The summed E-state index contributed by atoms with van der Waals surface area (Å²) in [7, 11) is -15.6. The zero-order valence-electron chi connectivity index (χ0n) is 25.5. The van der Waals surface area contributed by atoms with Crippen molar-refractivity contribution in [3.63, 3.8) is 0 Å². The van der Waals surface area contributed by atoms with Crippen molar-refractivity contribution >= 4 is 62.7 Å². The maximum absolute atomic E-state index is 12.2. The SMILES string of the molecule is CCCCCCCCCCCCOc1cc(S(=O)(=O)[O-])c2ccc3c(S(=O)(=O)[O-])cc(S(=O)(=O)[O-])c4ccc1c2c43.[Na+].[Na+].[Na+]. The molecule has 0 spiro atoms. The summed E-state index contributed by atoms with van der Waals surface area (Å²) in [5.41, 5.74) is 0. The van der Waals surface area contributed by atoms with Gasteiger partial charge in [0.15, 0.2) is 0 Å². The Bertz CT molecular complexity index is 1840. The number of unbranched alkanes of at least 4 members (excludes halogenated alkanes) is 9. The molecule has 0 bridgehead atoms. The number of hydrogen-bond acceptors (Lipinski definition) is 10. The number of hydrogen-bond donors (Lipinski definition) is 0. The third kappa shape index (κ3) is 9.99. The molecule has 4 rings (SSSR count). The molecule has 0 saturated carbocycles. The predicted octanol–water partition coefficient (Wildman–Crippen LogP) is -3.39. The van der Waals surface area contributed by atoms with Crippen molar-refractivity contribution in [3.8, 4) is 5.75 Å². The van der Waals surface area contributed by atoms with Crippen molar-refractivity contribution in [1.29, 1.82) is 0 Å². The third-order valence-corrected chi connectivity index (χ3v) is 9.94. The van der Waals surface area contributed by atoms with Gasteiger partial charge in [0.1, 0.15) is 36.1 Å². The minimum absolute atomic E-state index is 0. The first-order valence-corrected chi connectivity index (χ1v) is 17.8. The quantitative estimate of drug-likeness (QED) is 0.0528. The third-order valence-electron chi connectivity index (χ3n) is 7.31. The Kier molecular flexibility index (Phi) is 17.1. The van der Waals surface area contributed by atoms with Crippen molar-refractivity contribution in [3.05, 3.63) is 36.4 Å². The van der Waals surface area contributed by atoms with E-state index < -0.39 is 45.0 Å². The van der Waals surface area contributed by atoms with Crippen LogP contribution in [-0.4, -0.2) is 45.5 Å². The Labute approximate surface area is 325 Å². The van der Waals surface area contributed by atoms with Crippen LogP contribution >= 0.6 is 0 Å². The fourth-order valence-electron chi connectivity index (χ4n) is 5.38. The van der Waals surface area contributed by atoms with E-state index in [1.165, 1.54) is 50.3 Å². The molecule has 0 aliphatic carbocycles. The largest absolute Gasteiger partial charge is 1.00 e. The van der Waals surface area contributed by atoms with E-state index in [1.807, 2.05) is 0 Å². The van der Waals surface area contributed by atoms with Crippen LogP contribution in [0.2, 0.25) is 0 Å². The Balaban J connectivity index is 0.00000323. The van der Waals surface area contributed by atoms with E-state index in [1.54, 1.807) is 0 Å². The molecule has 224 valence electrons. The average molecular weight is 693 g/mol. The Morgan fingerprint density at radius 1 is 0.523 bits per heavy atom. The van der Waals surface area contributed by atoms with E-state index in [0.29, 0.717) is 12.5 Å². The van der Waals surface area contributed by atoms with Crippen LogP contribution in [0.4, 0.5) is 0 Å². The summed E-state index contributed by atoms with van der Waals surface area (Å²) in [4.78, 5) is -2.55. The maximum atomic E-state index is 12.2. The monoisotopic (exact) mass is 692 g/mol. The molecule has 0 aromatic heterocycles. The number of rotatable bonds is 15. The molecule has 0 atom stereocenters. The molecule has 0 aliphatic heterocycles. The van der Waals surface area contributed by atoms with Gasteiger partial charge in [0.05, 0.1) is 21.3 Å². The van der Waals surface area contributed by atoms with Crippen LogP contribution in [0.1, 0.15) is 71.1 Å². The van der Waals surface area contributed by atoms with Gasteiger partial charge >= 0.3 is 88.7 Å². The van der Waals surface area contributed by atoms with Gasteiger partial charge < -0.3 is 18.4 Å². The van der Waals surface area contributed by atoms with Crippen LogP contribution in [0.3, 0.4) is 0 Å². The van der Waals surface area contributed by atoms with E-state index in [9.17, 15) is 38.9 Å². The van der Waals surface area contributed by atoms with Crippen molar-refractivity contribution in [2.75, 3.05) is 6.61 Å².